The summed E-state index contributed by atoms with van der Waals surface area (Å²) in [6.07, 6.45) is 3.54. The van der Waals surface area contributed by atoms with Gasteiger partial charge in [0, 0.05) is 51.2 Å². The van der Waals surface area contributed by atoms with E-state index in [4.69, 9.17) is 0 Å². The lowest BCUT2D eigenvalue weighted by molar-refractivity contribution is 0.102. The van der Waals surface area contributed by atoms with Crippen molar-refractivity contribution in [2.24, 2.45) is 7.05 Å². The molecule has 0 bridgehead atoms. The Labute approximate surface area is 191 Å². The number of anilines is 3. The number of nitrogens with zero attached hydrogens (tertiary/aromatic N) is 4. The Kier molecular flexibility index (Phi) is 6.21. The predicted octanol–water partition coefficient (Wildman–Crippen LogP) is 3.93. The summed E-state index contributed by atoms with van der Waals surface area (Å²) in [7, 11) is 5.18. The van der Waals surface area contributed by atoms with E-state index < -0.39 is 0 Å². The Bertz CT molecular complexity index is 1310. The monoisotopic (exact) mass is 443 g/mol. The van der Waals surface area contributed by atoms with Gasteiger partial charge in [-0.15, -0.1) is 0 Å². The Balaban J connectivity index is 1.49. The second-order valence-electron chi connectivity index (χ2n) is 7.77. The first-order valence-electron chi connectivity index (χ1n) is 10.4. The largest absolute Gasteiger partial charge is 0.380 e. The number of carbonyl (C=O) groups is 2. The minimum Gasteiger partial charge on any atom is -0.380 e. The van der Waals surface area contributed by atoms with E-state index >= 15 is 0 Å². The molecule has 2 aromatic carbocycles. The van der Waals surface area contributed by atoms with E-state index in [0.717, 1.165) is 16.5 Å². The van der Waals surface area contributed by atoms with Crippen molar-refractivity contribution in [3.05, 3.63) is 78.1 Å². The van der Waals surface area contributed by atoms with Crippen molar-refractivity contribution in [1.82, 2.24) is 19.7 Å². The van der Waals surface area contributed by atoms with Crippen LogP contribution in [0.4, 0.5) is 22.0 Å². The average molecular weight is 444 g/mol. The van der Waals surface area contributed by atoms with Gasteiger partial charge in [-0.05, 0) is 35.9 Å². The number of rotatable bonds is 6. The summed E-state index contributed by atoms with van der Waals surface area (Å²) in [5.41, 5.74) is 3.51. The van der Waals surface area contributed by atoms with Gasteiger partial charge in [-0.3, -0.25) is 14.8 Å². The standard InChI is InChI=1S/C24H25N7O2/c1-30(2)24(33)28-21-13-16(11-12-25-21)14-26-19-9-5-4-8-18(19)23(32)27-20-10-6-7-17-15-31(3)29-22(17)20/h4-13,15,26H,14H2,1-3H3,(H,27,32)(H,25,28,33). The number of pyridine rings is 1. The number of urea groups is 1. The number of hydrogen-bond donors (Lipinski definition) is 3. The molecule has 0 saturated carbocycles. The zero-order valence-electron chi connectivity index (χ0n) is 18.7. The van der Waals surface area contributed by atoms with Crippen molar-refractivity contribution in [3.8, 4) is 0 Å². The van der Waals surface area contributed by atoms with Crippen LogP contribution in [-0.2, 0) is 13.6 Å². The molecule has 9 heteroatoms. The highest BCUT2D eigenvalue weighted by atomic mass is 16.2. The first-order chi connectivity index (χ1) is 15.9. The fraction of sp³-hybridized carbons (Fsp3) is 0.167. The van der Waals surface area contributed by atoms with E-state index in [-0.39, 0.29) is 11.9 Å². The number of amides is 3. The van der Waals surface area contributed by atoms with Gasteiger partial charge in [0.15, 0.2) is 0 Å². The average Bonchev–Trinajstić information content (AvgIpc) is 3.19. The van der Waals surface area contributed by atoms with Crippen molar-refractivity contribution >= 4 is 40.0 Å². The molecule has 9 nitrogen and oxygen atoms in total. The molecule has 3 N–H and O–H groups in total. The fourth-order valence-electron chi connectivity index (χ4n) is 3.36. The third-order valence-corrected chi connectivity index (χ3v) is 5.02. The lowest BCUT2D eigenvalue weighted by Crippen LogP contribution is -2.27. The van der Waals surface area contributed by atoms with Crippen LogP contribution in [0.1, 0.15) is 15.9 Å². The van der Waals surface area contributed by atoms with Crippen LogP contribution in [0.2, 0.25) is 0 Å². The van der Waals surface area contributed by atoms with Gasteiger partial charge in [-0.2, -0.15) is 5.10 Å². The van der Waals surface area contributed by atoms with Crippen molar-refractivity contribution < 1.29 is 9.59 Å². The van der Waals surface area contributed by atoms with Gasteiger partial charge >= 0.3 is 6.03 Å². The van der Waals surface area contributed by atoms with Crippen LogP contribution in [0.5, 0.6) is 0 Å². The number of fused-ring (bicyclic) bond motifs is 1. The van der Waals surface area contributed by atoms with Crippen LogP contribution >= 0.6 is 0 Å². The zero-order chi connectivity index (χ0) is 23.4. The zero-order valence-corrected chi connectivity index (χ0v) is 18.7. The number of hydrogen-bond acceptors (Lipinski definition) is 5. The lowest BCUT2D eigenvalue weighted by Gasteiger charge is -2.14. The van der Waals surface area contributed by atoms with Gasteiger partial charge < -0.3 is 15.5 Å². The summed E-state index contributed by atoms with van der Waals surface area (Å²) in [6, 6.07) is 16.4. The number of benzene rings is 2. The minimum absolute atomic E-state index is 0.232. The van der Waals surface area contributed by atoms with E-state index in [1.165, 1.54) is 4.90 Å². The van der Waals surface area contributed by atoms with Crippen molar-refractivity contribution in [3.63, 3.8) is 0 Å². The third kappa shape index (κ3) is 5.09. The highest BCUT2D eigenvalue weighted by molar-refractivity contribution is 6.11. The van der Waals surface area contributed by atoms with Gasteiger partial charge in [0.1, 0.15) is 11.3 Å². The van der Waals surface area contributed by atoms with Crippen molar-refractivity contribution in [2.75, 3.05) is 30.0 Å². The first kappa shape index (κ1) is 21.8. The molecular weight excluding hydrogens is 418 g/mol. The summed E-state index contributed by atoms with van der Waals surface area (Å²) >= 11 is 0. The molecule has 4 aromatic rings. The molecule has 0 radical (unpaired) electrons. The molecule has 0 atom stereocenters. The van der Waals surface area contributed by atoms with E-state index in [1.807, 2.05) is 55.7 Å². The van der Waals surface area contributed by atoms with Gasteiger partial charge in [0.05, 0.1) is 11.3 Å². The lowest BCUT2D eigenvalue weighted by atomic mass is 10.1. The number of para-hydroxylation sites is 1. The third-order valence-electron chi connectivity index (χ3n) is 5.02. The van der Waals surface area contributed by atoms with E-state index in [1.54, 1.807) is 37.1 Å². The second-order valence-corrected chi connectivity index (χ2v) is 7.77. The molecule has 33 heavy (non-hydrogen) atoms. The van der Waals surface area contributed by atoms with Gasteiger partial charge in [0.2, 0.25) is 0 Å². The van der Waals surface area contributed by atoms with Crippen LogP contribution in [-0.4, -0.2) is 45.7 Å². The minimum atomic E-state index is -0.252. The highest BCUT2D eigenvalue weighted by Crippen LogP contribution is 2.24. The molecular formula is C24H25N7O2. The van der Waals surface area contributed by atoms with Crippen LogP contribution in [0, 0.1) is 0 Å². The Morgan fingerprint density at radius 2 is 1.79 bits per heavy atom. The SMILES string of the molecule is CN(C)C(=O)Nc1cc(CNc2ccccc2C(=O)Nc2cccc3cn(C)nc23)ccn1. The van der Waals surface area contributed by atoms with Crippen molar-refractivity contribution in [2.45, 2.75) is 6.54 Å². The van der Waals surface area contributed by atoms with Gasteiger partial charge in [0.25, 0.3) is 5.91 Å². The first-order valence-corrected chi connectivity index (χ1v) is 10.4. The molecule has 0 aliphatic rings. The number of aryl methyl sites for hydroxylation is 1. The van der Waals surface area contributed by atoms with Crippen LogP contribution in [0.25, 0.3) is 10.9 Å². The molecule has 0 fully saturated rings. The summed E-state index contributed by atoms with van der Waals surface area (Å²) in [4.78, 5) is 30.6. The van der Waals surface area contributed by atoms with Crippen LogP contribution < -0.4 is 16.0 Å². The maximum Gasteiger partial charge on any atom is 0.322 e. The molecule has 0 spiro atoms. The summed E-state index contributed by atoms with van der Waals surface area (Å²) in [6.45, 7) is 0.452. The molecule has 4 rings (SSSR count). The Hall–Kier alpha value is -4.40. The molecule has 3 amide bonds. The quantitative estimate of drug-likeness (QED) is 0.419. The molecule has 168 valence electrons. The molecule has 0 aliphatic carbocycles. The number of nitrogens with one attached hydrogen (secondary N) is 3. The fourth-order valence-corrected chi connectivity index (χ4v) is 3.36. The van der Waals surface area contributed by atoms with Gasteiger partial charge in [-0.1, -0.05) is 24.3 Å². The molecule has 0 saturated heterocycles. The topological polar surface area (TPSA) is 104 Å². The molecule has 0 aliphatic heterocycles. The Morgan fingerprint density at radius 3 is 2.61 bits per heavy atom. The molecule has 2 heterocycles. The summed E-state index contributed by atoms with van der Waals surface area (Å²) < 4.78 is 1.72. The van der Waals surface area contributed by atoms with Crippen LogP contribution in [0.3, 0.4) is 0 Å². The normalized spacial score (nSPS) is 10.6. The molecule has 2 aromatic heterocycles. The van der Waals surface area contributed by atoms with Crippen molar-refractivity contribution in [1.29, 1.82) is 0 Å². The van der Waals surface area contributed by atoms with Gasteiger partial charge in [-0.25, -0.2) is 9.78 Å². The maximum atomic E-state index is 13.1. The Morgan fingerprint density at radius 1 is 1.00 bits per heavy atom. The van der Waals surface area contributed by atoms with Crippen LogP contribution in [0.15, 0.2) is 67.0 Å². The number of carbonyl (C=O) groups excluding carboxylic acids is 2. The molecule has 0 unspecified atom stereocenters. The predicted molar refractivity (Wildman–Crippen MR) is 129 cm³/mol. The summed E-state index contributed by atoms with van der Waals surface area (Å²) in [5.74, 6) is 0.229. The number of aromatic nitrogens is 3. The van der Waals surface area contributed by atoms with E-state index in [2.05, 4.69) is 26.0 Å². The second kappa shape index (κ2) is 9.39. The maximum absolute atomic E-state index is 13.1. The summed E-state index contributed by atoms with van der Waals surface area (Å²) in [5, 5.41) is 14.4. The smallest absolute Gasteiger partial charge is 0.322 e. The highest BCUT2D eigenvalue weighted by Gasteiger charge is 2.14. The van der Waals surface area contributed by atoms with E-state index in [9.17, 15) is 9.59 Å². The van der Waals surface area contributed by atoms with E-state index in [0.29, 0.717) is 29.3 Å².